The number of nitrogens with zero attached hydrogens (tertiary/aromatic N) is 2. The zero-order valence-electron chi connectivity index (χ0n) is 12.3. The summed E-state index contributed by atoms with van der Waals surface area (Å²) in [6.07, 6.45) is 0. The Labute approximate surface area is 106 Å². The molecule has 0 aromatic carbocycles. The molecule has 0 saturated heterocycles. The van der Waals surface area contributed by atoms with Crippen LogP contribution in [-0.4, -0.2) is 16.3 Å². The largest absolute Gasteiger partial charge is 0.310 e. The molecule has 98 valence electrons. The van der Waals surface area contributed by atoms with Crippen LogP contribution in [0.2, 0.25) is 0 Å². The van der Waals surface area contributed by atoms with E-state index >= 15 is 0 Å². The van der Waals surface area contributed by atoms with E-state index in [0.717, 1.165) is 18.2 Å². The highest BCUT2D eigenvalue weighted by atomic mass is 15.3. The van der Waals surface area contributed by atoms with Gasteiger partial charge in [0.2, 0.25) is 0 Å². The van der Waals surface area contributed by atoms with E-state index in [1.165, 1.54) is 11.3 Å². The highest BCUT2D eigenvalue weighted by molar-refractivity contribution is 5.27. The van der Waals surface area contributed by atoms with Crippen LogP contribution < -0.4 is 5.32 Å². The van der Waals surface area contributed by atoms with Crippen LogP contribution in [0.25, 0.3) is 0 Å². The van der Waals surface area contributed by atoms with Crippen molar-refractivity contribution >= 4 is 0 Å². The Morgan fingerprint density at radius 2 is 1.76 bits per heavy atom. The van der Waals surface area contributed by atoms with Gasteiger partial charge in [-0.05, 0) is 39.2 Å². The van der Waals surface area contributed by atoms with Gasteiger partial charge in [-0.2, -0.15) is 5.10 Å². The predicted octanol–water partition coefficient (Wildman–Crippen LogP) is 2.98. The second-order valence-electron chi connectivity index (χ2n) is 5.56. The molecule has 0 aliphatic rings. The molecule has 1 rings (SSSR count). The fraction of sp³-hybridized carbons (Fsp3) is 0.786. The van der Waals surface area contributed by atoms with Crippen LogP contribution in [0.4, 0.5) is 0 Å². The third kappa shape index (κ3) is 3.32. The van der Waals surface area contributed by atoms with E-state index in [0.29, 0.717) is 12.0 Å². The molecule has 2 unspecified atom stereocenters. The molecule has 0 aliphatic carbocycles. The minimum absolute atomic E-state index is 0.380. The summed E-state index contributed by atoms with van der Waals surface area (Å²) in [6, 6.07) is 0.380. The maximum absolute atomic E-state index is 4.47. The quantitative estimate of drug-likeness (QED) is 0.853. The van der Waals surface area contributed by atoms with Crippen LogP contribution in [0.15, 0.2) is 0 Å². The summed E-state index contributed by atoms with van der Waals surface area (Å²) < 4.78 is 1.97. The van der Waals surface area contributed by atoms with Crippen molar-refractivity contribution in [3.8, 4) is 0 Å². The summed E-state index contributed by atoms with van der Waals surface area (Å²) in [5, 5.41) is 8.09. The van der Waals surface area contributed by atoms with E-state index in [1.54, 1.807) is 0 Å². The molecule has 0 bridgehead atoms. The van der Waals surface area contributed by atoms with Gasteiger partial charge in [-0.1, -0.05) is 20.8 Å². The van der Waals surface area contributed by atoms with Gasteiger partial charge in [0, 0.05) is 24.3 Å². The summed E-state index contributed by atoms with van der Waals surface area (Å²) in [4.78, 5) is 0. The van der Waals surface area contributed by atoms with E-state index in [1.807, 2.05) is 11.7 Å². The molecule has 0 amide bonds. The van der Waals surface area contributed by atoms with E-state index in [9.17, 15) is 0 Å². The van der Waals surface area contributed by atoms with E-state index in [4.69, 9.17) is 0 Å². The second kappa shape index (κ2) is 5.67. The Balaban J connectivity index is 2.67. The normalized spacial score (nSPS) is 15.3. The van der Waals surface area contributed by atoms with Gasteiger partial charge in [0.1, 0.15) is 0 Å². The van der Waals surface area contributed by atoms with Crippen molar-refractivity contribution in [2.24, 2.45) is 18.9 Å². The third-order valence-corrected chi connectivity index (χ3v) is 3.88. The minimum atomic E-state index is 0.380. The van der Waals surface area contributed by atoms with Crippen LogP contribution in [0.5, 0.6) is 0 Å². The standard InChI is InChI=1S/C14H27N3/c1-9(2)10(3)8-15-11(4)14-12(5)16-17(7)13(14)6/h9-11,15H,8H2,1-7H3. The fourth-order valence-corrected chi connectivity index (χ4v) is 2.12. The highest BCUT2D eigenvalue weighted by Crippen LogP contribution is 2.21. The molecule has 2 atom stereocenters. The molecular formula is C14H27N3. The summed E-state index contributed by atoms with van der Waals surface area (Å²) >= 11 is 0. The van der Waals surface area contributed by atoms with Crippen molar-refractivity contribution < 1.29 is 0 Å². The van der Waals surface area contributed by atoms with Gasteiger partial charge in [-0.15, -0.1) is 0 Å². The first kappa shape index (κ1) is 14.2. The highest BCUT2D eigenvalue weighted by Gasteiger charge is 2.17. The van der Waals surface area contributed by atoms with Crippen molar-refractivity contribution in [1.82, 2.24) is 15.1 Å². The lowest BCUT2D eigenvalue weighted by atomic mass is 9.97. The third-order valence-electron chi connectivity index (χ3n) is 3.88. The zero-order valence-corrected chi connectivity index (χ0v) is 12.3. The van der Waals surface area contributed by atoms with Crippen LogP contribution in [-0.2, 0) is 7.05 Å². The van der Waals surface area contributed by atoms with Crippen molar-refractivity contribution in [2.75, 3.05) is 6.54 Å². The molecule has 17 heavy (non-hydrogen) atoms. The first-order valence-electron chi connectivity index (χ1n) is 6.58. The fourth-order valence-electron chi connectivity index (χ4n) is 2.12. The van der Waals surface area contributed by atoms with Gasteiger partial charge in [-0.3, -0.25) is 4.68 Å². The van der Waals surface area contributed by atoms with Crippen molar-refractivity contribution in [3.63, 3.8) is 0 Å². The lowest BCUT2D eigenvalue weighted by Gasteiger charge is -2.20. The molecule has 3 nitrogen and oxygen atoms in total. The average Bonchev–Trinajstić information content (AvgIpc) is 2.49. The predicted molar refractivity (Wildman–Crippen MR) is 73.1 cm³/mol. The Morgan fingerprint density at radius 3 is 2.18 bits per heavy atom. The van der Waals surface area contributed by atoms with Gasteiger partial charge >= 0.3 is 0 Å². The zero-order chi connectivity index (χ0) is 13.2. The molecule has 1 N–H and O–H groups in total. The van der Waals surface area contributed by atoms with Crippen LogP contribution in [0, 0.1) is 25.7 Å². The van der Waals surface area contributed by atoms with E-state index < -0.39 is 0 Å². The minimum Gasteiger partial charge on any atom is -0.310 e. The number of hydrogen-bond donors (Lipinski definition) is 1. The number of aromatic nitrogens is 2. The number of aryl methyl sites for hydroxylation is 2. The van der Waals surface area contributed by atoms with E-state index in [-0.39, 0.29) is 0 Å². The Morgan fingerprint density at radius 1 is 1.18 bits per heavy atom. The maximum Gasteiger partial charge on any atom is 0.0644 e. The van der Waals surface area contributed by atoms with Gasteiger partial charge in [0.25, 0.3) is 0 Å². The number of hydrogen-bond acceptors (Lipinski definition) is 2. The molecule has 0 radical (unpaired) electrons. The van der Waals surface area contributed by atoms with Crippen molar-refractivity contribution in [3.05, 3.63) is 17.0 Å². The van der Waals surface area contributed by atoms with Crippen LogP contribution in [0.1, 0.15) is 50.7 Å². The van der Waals surface area contributed by atoms with Crippen molar-refractivity contribution in [2.45, 2.75) is 47.6 Å². The Hall–Kier alpha value is -0.830. The van der Waals surface area contributed by atoms with Gasteiger partial charge in [0.15, 0.2) is 0 Å². The summed E-state index contributed by atoms with van der Waals surface area (Å²) in [7, 11) is 2.01. The first-order valence-corrected chi connectivity index (χ1v) is 6.58. The molecule has 0 spiro atoms. The second-order valence-corrected chi connectivity index (χ2v) is 5.56. The monoisotopic (exact) mass is 237 g/mol. The van der Waals surface area contributed by atoms with Crippen LogP contribution in [0.3, 0.4) is 0 Å². The molecule has 1 aromatic heterocycles. The summed E-state index contributed by atoms with van der Waals surface area (Å²) in [6.45, 7) is 14.4. The average molecular weight is 237 g/mol. The molecule has 1 aromatic rings. The first-order chi connectivity index (χ1) is 7.84. The lowest BCUT2D eigenvalue weighted by Crippen LogP contribution is -2.27. The lowest BCUT2D eigenvalue weighted by molar-refractivity contribution is 0.375. The number of rotatable bonds is 5. The van der Waals surface area contributed by atoms with Crippen LogP contribution >= 0.6 is 0 Å². The Kier molecular flexibility index (Phi) is 4.75. The molecule has 0 fully saturated rings. The van der Waals surface area contributed by atoms with Gasteiger partial charge < -0.3 is 5.32 Å². The smallest absolute Gasteiger partial charge is 0.0644 e. The molecule has 3 heteroatoms. The SMILES string of the molecule is Cc1nn(C)c(C)c1C(C)NCC(C)C(C)C. The molecule has 0 aliphatic heterocycles. The summed E-state index contributed by atoms with van der Waals surface area (Å²) in [5.41, 5.74) is 3.75. The Bertz CT molecular complexity index is 366. The van der Waals surface area contributed by atoms with Gasteiger partial charge in [-0.25, -0.2) is 0 Å². The van der Waals surface area contributed by atoms with Crippen molar-refractivity contribution in [1.29, 1.82) is 0 Å². The topological polar surface area (TPSA) is 29.9 Å². The molecule has 0 saturated carbocycles. The maximum atomic E-state index is 4.47. The molecule has 1 heterocycles. The van der Waals surface area contributed by atoms with Gasteiger partial charge in [0.05, 0.1) is 5.69 Å². The number of nitrogens with one attached hydrogen (secondary N) is 1. The summed E-state index contributed by atoms with van der Waals surface area (Å²) in [5.74, 6) is 1.43. The van der Waals surface area contributed by atoms with E-state index in [2.05, 4.69) is 52.0 Å². The molecular weight excluding hydrogens is 210 g/mol.